The molecule has 5 nitrogen and oxygen atoms in total. The van der Waals surface area contributed by atoms with Crippen molar-refractivity contribution in [1.29, 1.82) is 0 Å². The van der Waals surface area contributed by atoms with Gasteiger partial charge in [0.15, 0.2) is 0 Å². The van der Waals surface area contributed by atoms with Gasteiger partial charge in [0, 0.05) is 24.2 Å². The summed E-state index contributed by atoms with van der Waals surface area (Å²) < 4.78 is 26.8. The van der Waals surface area contributed by atoms with Crippen LogP contribution in [0, 0.1) is 11.6 Å². The molecule has 1 saturated heterocycles. The molecule has 8 heteroatoms. The molecule has 138 valence electrons. The van der Waals surface area contributed by atoms with Crippen molar-refractivity contribution in [3.8, 4) is 0 Å². The van der Waals surface area contributed by atoms with Crippen molar-refractivity contribution in [2.24, 2.45) is 0 Å². The van der Waals surface area contributed by atoms with Gasteiger partial charge in [-0.15, -0.1) is 0 Å². The Labute approximate surface area is 158 Å². The van der Waals surface area contributed by atoms with Crippen molar-refractivity contribution in [1.82, 2.24) is 10.2 Å². The van der Waals surface area contributed by atoms with E-state index in [1.54, 1.807) is 6.07 Å². The van der Waals surface area contributed by atoms with Crippen LogP contribution in [0.15, 0.2) is 53.4 Å². The number of thioether (sulfide) groups is 1. The molecule has 0 aromatic heterocycles. The second-order valence-electron chi connectivity index (χ2n) is 5.62. The average Bonchev–Trinajstić information content (AvgIpc) is 2.91. The SMILES string of the molecule is O=C(NCCN1C(=O)S/C(=C\c2ccccc2F)C1=O)c1cccc(F)c1. The minimum atomic E-state index is -0.548. The first kappa shape index (κ1) is 18.8. The maximum Gasteiger partial charge on any atom is 0.293 e. The van der Waals surface area contributed by atoms with Crippen LogP contribution in [0.3, 0.4) is 0 Å². The maximum absolute atomic E-state index is 13.7. The van der Waals surface area contributed by atoms with Crippen LogP contribution >= 0.6 is 11.8 Å². The zero-order valence-electron chi connectivity index (χ0n) is 13.9. The predicted molar refractivity (Wildman–Crippen MR) is 97.8 cm³/mol. The molecular formula is C19H14F2N2O3S. The zero-order chi connectivity index (χ0) is 19.4. The second kappa shape index (κ2) is 8.13. The van der Waals surface area contributed by atoms with Crippen LogP contribution in [-0.2, 0) is 4.79 Å². The van der Waals surface area contributed by atoms with Gasteiger partial charge in [-0.25, -0.2) is 8.78 Å². The highest BCUT2D eigenvalue weighted by Crippen LogP contribution is 2.32. The van der Waals surface area contributed by atoms with Crippen molar-refractivity contribution < 1.29 is 23.2 Å². The summed E-state index contributed by atoms with van der Waals surface area (Å²) in [4.78, 5) is 37.4. The topological polar surface area (TPSA) is 66.5 Å². The summed E-state index contributed by atoms with van der Waals surface area (Å²) >= 11 is 0.712. The molecule has 3 amide bonds. The summed E-state index contributed by atoms with van der Waals surface area (Å²) in [5, 5.41) is 2.03. The van der Waals surface area contributed by atoms with Gasteiger partial charge in [0.1, 0.15) is 11.6 Å². The quantitative estimate of drug-likeness (QED) is 0.797. The van der Waals surface area contributed by atoms with E-state index in [1.165, 1.54) is 42.5 Å². The third-order valence-electron chi connectivity index (χ3n) is 3.77. The van der Waals surface area contributed by atoms with E-state index >= 15 is 0 Å². The third-order valence-corrected chi connectivity index (χ3v) is 4.68. The summed E-state index contributed by atoms with van der Waals surface area (Å²) in [5.74, 6) is -2.09. The smallest absolute Gasteiger partial charge is 0.293 e. The Morgan fingerprint density at radius 1 is 1.11 bits per heavy atom. The number of rotatable bonds is 5. The fourth-order valence-electron chi connectivity index (χ4n) is 2.44. The fraction of sp³-hybridized carbons (Fsp3) is 0.105. The lowest BCUT2D eigenvalue weighted by atomic mass is 10.2. The Bertz CT molecular complexity index is 946. The molecule has 0 bridgehead atoms. The molecule has 1 fully saturated rings. The van der Waals surface area contributed by atoms with Crippen LogP contribution in [0.4, 0.5) is 13.6 Å². The van der Waals surface area contributed by atoms with E-state index in [4.69, 9.17) is 0 Å². The molecule has 1 aliphatic heterocycles. The zero-order valence-corrected chi connectivity index (χ0v) is 14.8. The lowest BCUT2D eigenvalue weighted by Gasteiger charge is -2.13. The molecule has 1 heterocycles. The van der Waals surface area contributed by atoms with Crippen molar-refractivity contribution in [2.75, 3.05) is 13.1 Å². The molecular weight excluding hydrogens is 374 g/mol. The number of carbonyl (C=O) groups excluding carboxylic acids is 3. The van der Waals surface area contributed by atoms with E-state index in [1.807, 2.05) is 0 Å². The van der Waals surface area contributed by atoms with E-state index < -0.39 is 28.7 Å². The van der Waals surface area contributed by atoms with Gasteiger partial charge in [-0.2, -0.15) is 0 Å². The third kappa shape index (κ3) is 4.40. The number of halogens is 2. The van der Waals surface area contributed by atoms with Crippen molar-refractivity contribution in [3.05, 3.63) is 76.2 Å². The van der Waals surface area contributed by atoms with E-state index in [9.17, 15) is 23.2 Å². The molecule has 1 aliphatic rings. The summed E-state index contributed by atoms with van der Waals surface area (Å²) in [6.45, 7) is -0.0271. The van der Waals surface area contributed by atoms with E-state index in [-0.39, 0.29) is 29.1 Å². The molecule has 0 spiro atoms. The van der Waals surface area contributed by atoms with Gasteiger partial charge >= 0.3 is 0 Å². The summed E-state index contributed by atoms with van der Waals surface area (Å²) in [5.41, 5.74) is 0.353. The number of hydrogen-bond acceptors (Lipinski definition) is 4. The summed E-state index contributed by atoms with van der Waals surface area (Å²) in [7, 11) is 0. The monoisotopic (exact) mass is 388 g/mol. The van der Waals surface area contributed by atoms with Gasteiger partial charge in [0.25, 0.3) is 17.1 Å². The Morgan fingerprint density at radius 2 is 1.89 bits per heavy atom. The van der Waals surface area contributed by atoms with Gasteiger partial charge in [0.05, 0.1) is 4.91 Å². The highest BCUT2D eigenvalue weighted by Gasteiger charge is 2.34. The maximum atomic E-state index is 13.7. The number of benzene rings is 2. The molecule has 0 unspecified atom stereocenters. The van der Waals surface area contributed by atoms with Crippen LogP contribution in [-0.4, -0.2) is 35.0 Å². The number of imide groups is 1. The van der Waals surface area contributed by atoms with Gasteiger partial charge < -0.3 is 5.32 Å². The Hall–Kier alpha value is -3.00. The highest BCUT2D eigenvalue weighted by atomic mass is 32.2. The lowest BCUT2D eigenvalue weighted by molar-refractivity contribution is -0.122. The first-order valence-corrected chi connectivity index (χ1v) is 8.81. The normalized spacial score (nSPS) is 15.5. The molecule has 0 atom stereocenters. The minimum absolute atomic E-state index is 0.0143. The largest absolute Gasteiger partial charge is 0.350 e. The molecule has 0 aliphatic carbocycles. The standard InChI is InChI=1S/C19H14F2N2O3S/c20-14-6-3-5-13(10-14)17(24)22-8-9-23-18(25)16(27-19(23)26)11-12-4-1-2-7-15(12)21/h1-7,10-11H,8-9H2,(H,22,24)/b16-11-. The van der Waals surface area contributed by atoms with E-state index in [0.717, 1.165) is 11.0 Å². The molecule has 1 N–H and O–H groups in total. The van der Waals surface area contributed by atoms with Gasteiger partial charge in [-0.05, 0) is 42.1 Å². The van der Waals surface area contributed by atoms with Crippen LogP contribution in [0.5, 0.6) is 0 Å². The molecule has 0 radical (unpaired) electrons. The molecule has 2 aromatic rings. The molecule has 3 rings (SSSR count). The van der Waals surface area contributed by atoms with Gasteiger partial charge in [-0.1, -0.05) is 24.3 Å². The number of amides is 3. The second-order valence-corrected chi connectivity index (χ2v) is 6.61. The highest BCUT2D eigenvalue weighted by molar-refractivity contribution is 8.18. The van der Waals surface area contributed by atoms with Gasteiger partial charge in [0.2, 0.25) is 0 Å². The molecule has 2 aromatic carbocycles. The lowest BCUT2D eigenvalue weighted by Crippen LogP contribution is -2.37. The number of carbonyl (C=O) groups is 3. The predicted octanol–water partition coefficient (Wildman–Crippen LogP) is 3.43. The first-order valence-electron chi connectivity index (χ1n) is 7.99. The molecule has 27 heavy (non-hydrogen) atoms. The Balaban J connectivity index is 1.61. The van der Waals surface area contributed by atoms with Crippen LogP contribution in [0.2, 0.25) is 0 Å². The Morgan fingerprint density at radius 3 is 2.63 bits per heavy atom. The average molecular weight is 388 g/mol. The van der Waals surface area contributed by atoms with Crippen LogP contribution < -0.4 is 5.32 Å². The van der Waals surface area contributed by atoms with Crippen molar-refractivity contribution in [3.63, 3.8) is 0 Å². The van der Waals surface area contributed by atoms with Crippen LogP contribution in [0.1, 0.15) is 15.9 Å². The first-order chi connectivity index (χ1) is 13.0. The Kier molecular flexibility index (Phi) is 5.66. The summed E-state index contributed by atoms with van der Waals surface area (Å²) in [6.07, 6.45) is 1.32. The van der Waals surface area contributed by atoms with E-state index in [2.05, 4.69) is 5.32 Å². The van der Waals surface area contributed by atoms with Gasteiger partial charge in [-0.3, -0.25) is 19.3 Å². The fourth-order valence-corrected chi connectivity index (χ4v) is 3.30. The number of nitrogens with zero attached hydrogens (tertiary/aromatic N) is 1. The van der Waals surface area contributed by atoms with Crippen molar-refractivity contribution in [2.45, 2.75) is 0 Å². The number of nitrogens with one attached hydrogen (secondary N) is 1. The summed E-state index contributed by atoms with van der Waals surface area (Å²) in [6, 6.07) is 11.1. The van der Waals surface area contributed by atoms with Crippen LogP contribution in [0.25, 0.3) is 6.08 Å². The van der Waals surface area contributed by atoms with E-state index in [0.29, 0.717) is 11.8 Å². The number of hydrogen-bond donors (Lipinski definition) is 1. The van der Waals surface area contributed by atoms with Crippen molar-refractivity contribution >= 4 is 34.9 Å². The minimum Gasteiger partial charge on any atom is -0.350 e. The molecule has 0 saturated carbocycles.